The van der Waals surface area contributed by atoms with Gasteiger partial charge < -0.3 is 10.2 Å². The Bertz CT molecular complexity index is 352. The van der Waals surface area contributed by atoms with Gasteiger partial charge >= 0.3 is 0 Å². The molecule has 0 saturated carbocycles. The van der Waals surface area contributed by atoms with Crippen LogP contribution in [0.4, 0.5) is 5.82 Å². The summed E-state index contributed by atoms with van der Waals surface area (Å²) in [5, 5.41) is 3.56. The summed E-state index contributed by atoms with van der Waals surface area (Å²) in [6.45, 7) is 12.0. The Balaban J connectivity index is 2.86. The van der Waals surface area contributed by atoms with Crippen LogP contribution in [0, 0.1) is 0 Å². The highest BCUT2D eigenvalue weighted by Gasteiger charge is 2.15. The van der Waals surface area contributed by atoms with Gasteiger partial charge in [0.25, 0.3) is 0 Å². The predicted molar refractivity (Wildman–Crippen MR) is 83.7 cm³/mol. The third kappa shape index (κ3) is 4.83. The monoisotopic (exact) mass is 263 g/mol. The van der Waals surface area contributed by atoms with Crippen molar-refractivity contribution in [1.29, 1.82) is 0 Å². The van der Waals surface area contributed by atoms with E-state index in [4.69, 9.17) is 0 Å². The number of rotatable bonds is 9. The van der Waals surface area contributed by atoms with Gasteiger partial charge in [-0.25, -0.2) is 4.98 Å². The van der Waals surface area contributed by atoms with Gasteiger partial charge in [-0.05, 0) is 39.3 Å². The molecule has 108 valence electrons. The fourth-order valence-electron chi connectivity index (χ4n) is 2.25. The molecule has 0 aliphatic heterocycles. The Morgan fingerprint density at radius 2 is 2.05 bits per heavy atom. The van der Waals surface area contributed by atoms with E-state index in [-0.39, 0.29) is 0 Å². The molecule has 19 heavy (non-hydrogen) atoms. The molecule has 1 rings (SSSR count). The average molecular weight is 263 g/mol. The van der Waals surface area contributed by atoms with Crippen molar-refractivity contribution in [2.24, 2.45) is 0 Å². The Hall–Kier alpha value is -1.09. The van der Waals surface area contributed by atoms with Gasteiger partial charge in [-0.1, -0.05) is 26.3 Å². The van der Waals surface area contributed by atoms with Gasteiger partial charge in [-0.2, -0.15) is 0 Å². The van der Waals surface area contributed by atoms with Crippen LogP contribution in [0.2, 0.25) is 0 Å². The molecule has 0 radical (unpaired) electrons. The molecule has 0 fully saturated rings. The van der Waals surface area contributed by atoms with Crippen LogP contribution >= 0.6 is 0 Å². The largest absolute Gasteiger partial charge is 0.357 e. The molecular formula is C16H29N3. The van der Waals surface area contributed by atoms with Crippen LogP contribution < -0.4 is 10.2 Å². The first kappa shape index (κ1) is 16.0. The van der Waals surface area contributed by atoms with Crippen molar-refractivity contribution < 1.29 is 0 Å². The number of pyridine rings is 1. The second kappa shape index (κ2) is 8.92. The van der Waals surface area contributed by atoms with E-state index >= 15 is 0 Å². The third-order valence-corrected chi connectivity index (χ3v) is 3.45. The predicted octanol–water partition coefficient (Wildman–Crippen LogP) is 3.77. The topological polar surface area (TPSA) is 28.2 Å². The average Bonchev–Trinajstić information content (AvgIpc) is 2.46. The second-order valence-electron chi connectivity index (χ2n) is 5.03. The zero-order valence-corrected chi connectivity index (χ0v) is 12.9. The minimum Gasteiger partial charge on any atom is -0.357 e. The molecule has 1 aromatic heterocycles. The molecule has 1 aromatic rings. The lowest BCUT2D eigenvalue weighted by Crippen LogP contribution is -2.28. The van der Waals surface area contributed by atoms with E-state index in [9.17, 15) is 0 Å². The quantitative estimate of drug-likeness (QED) is 0.735. The zero-order chi connectivity index (χ0) is 14.1. The number of hydrogen-bond donors (Lipinski definition) is 1. The minimum absolute atomic E-state index is 0.360. The van der Waals surface area contributed by atoms with Crippen LogP contribution in [0.15, 0.2) is 18.3 Å². The number of nitrogens with one attached hydrogen (secondary N) is 1. The molecule has 1 heterocycles. The number of hydrogen-bond acceptors (Lipinski definition) is 3. The maximum atomic E-state index is 4.62. The molecule has 3 nitrogen and oxygen atoms in total. The summed E-state index contributed by atoms with van der Waals surface area (Å²) in [7, 11) is 0. The summed E-state index contributed by atoms with van der Waals surface area (Å²) in [5.41, 5.74) is 1.31. The molecule has 0 amide bonds. The van der Waals surface area contributed by atoms with E-state index in [0.717, 1.165) is 31.9 Å². The molecule has 3 heteroatoms. The lowest BCUT2D eigenvalue weighted by molar-refractivity contribution is 0.566. The first-order valence-corrected chi connectivity index (χ1v) is 7.67. The summed E-state index contributed by atoms with van der Waals surface area (Å²) in [4.78, 5) is 7.01. The van der Waals surface area contributed by atoms with Crippen molar-refractivity contribution in [2.75, 3.05) is 24.5 Å². The van der Waals surface area contributed by atoms with Crippen LogP contribution in [0.1, 0.15) is 58.6 Å². The number of nitrogens with zero attached hydrogens (tertiary/aromatic N) is 2. The number of aromatic nitrogens is 1. The number of anilines is 1. The Labute approximate surface area is 118 Å². The Morgan fingerprint density at radius 1 is 1.26 bits per heavy atom. The van der Waals surface area contributed by atoms with Gasteiger partial charge in [0.1, 0.15) is 5.82 Å². The summed E-state index contributed by atoms with van der Waals surface area (Å²) in [5.74, 6) is 1.15. The molecule has 0 aliphatic carbocycles. The van der Waals surface area contributed by atoms with Crippen LogP contribution in [0.3, 0.4) is 0 Å². The van der Waals surface area contributed by atoms with Gasteiger partial charge in [0.15, 0.2) is 0 Å². The van der Waals surface area contributed by atoms with E-state index in [2.05, 4.69) is 49.0 Å². The van der Waals surface area contributed by atoms with E-state index in [1.54, 1.807) is 0 Å². The van der Waals surface area contributed by atoms with Gasteiger partial charge in [0, 0.05) is 30.9 Å². The van der Waals surface area contributed by atoms with Gasteiger partial charge in [0.2, 0.25) is 0 Å². The Kier molecular flexibility index (Phi) is 7.49. The fraction of sp³-hybridized carbons (Fsp3) is 0.688. The van der Waals surface area contributed by atoms with Crippen molar-refractivity contribution in [2.45, 2.75) is 53.0 Å². The smallest absolute Gasteiger partial charge is 0.133 e. The highest BCUT2D eigenvalue weighted by Crippen LogP contribution is 2.24. The van der Waals surface area contributed by atoms with E-state index < -0.39 is 0 Å². The fourth-order valence-corrected chi connectivity index (χ4v) is 2.25. The zero-order valence-electron chi connectivity index (χ0n) is 12.9. The lowest BCUT2D eigenvalue weighted by Gasteiger charge is -2.26. The molecule has 0 saturated heterocycles. The SMILES string of the molecule is CCCCN(CC)c1ncccc1C(C)NCCC. The summed E-state index contributed by atoms with van der Waals surface area (Å²) in [6.07, 6.45) is 5.51. The minimum atomic E-state index is 0.360. The van der Waals surface area contributed by atoms with Crippen LogP contribution in [-0.4, -0.2) is 24.6 Å². The maximum absolute atomic E-state index is 4.62. The molecule has 0 aromatic carbocycles. The van der Waals surface area contributed by atoms with Gasteiger partial charge in [-0.15, -0.1) is 0 Å². The first-order chi connectivity index (χ1) is 9.24. The summed E-state index contributed by atoms with van der Waals surface area (Å²) >= 11 is 0. The lowest BCUT2D eigenvalue weighted by atomic mass is 10.1. The molecule has 0 bridgehead atoms. The molecule has 0 aliphatic rings. The number of unbranched alkanes of at least 4 members (excludes halogenated alkanes) is 1. The van der Waals surface area contributed by atoms with E-state index in [1.165, 1.54) is 18.4 Å². The summed E-state index contributed by atoms with van der Waals surface area (Å²) < 4.78 is 0. The molecule has 1 atom stereocenters. The Morgan fingerprint density at radius 3 is 2.68 bits per heavy atom. The van der Waals surface area contributed by atoms with Crippen LogP contribution in [0.5, 0.6) is 0 Å². The second-order valence-corrected chi connectivity index (χ2v) is 5.03. The van der Waals surface area contributed by atoms with Crippen molar-refractivity contribution in [3.05, 3.63) is 23.9 Å². The van der Waals surface area contributed by atoms with Crippen molar-refractivity contribution in [1.82, 2.24) is 10.3 Å². The third-order valence-electron chi connectivity index (χ3n) is 3.45. The standard InChI is InChI=1S/C16H29N3/c1-5-8-13-19(7-3)16-15(10-9-12-18-16)14(4)17-11-6-2/h9-10,12,14,17H,5-8,11,13H2,1-4H3. The van der Waals surface area contributed by atoms with Crippen molar-refractivity contribution in [3.63, 3.8) is 0 Å². The molecular weight excluding hydrogens is 234 g/mol. The molecule has 1 unspecified atom stereocenters. The normalized spacial score (nSPS) is 12.4. The first-order valence-electron chi connectivity index (χ1n) is 7.67. The molecule has 0 spiro atoms. The van der Waals surface area contributed by atoms with Crippen molar-refractivity contribution >= 4 is 5.82 Å². The van der Waals surface area contributed by atoms with E-state index in [1.807, 2.05) is 12.3 Å². The van der Waals surface area contributed by atoms with Gasteiger partial charge in [-0.3, -0.25) is 0 Å². The van der Waals surface area contributed by atoms with Crippen molar-refractivity contribution in [3.8, 4) is 0 Å². The maximum Gasteiger partial charge on any atom is 0.133 e. The molecule has 1 N–H and O–H groups in total. The summed E-state index contributed by atoms with van der Waals surface area (Å²) in [6, 6.07) is 4.60. The van der Waals surface area contributed by atoms with E-state index in [0.29, 0.717) is 6.04 Å². The highest BCUT2D eigenvalue weighted by molar-refractivity contribution is 5.48. The van der Waals surface area contributed by atoms with Gasteiger partial charge in [0.05, 0.1) is 0 Å². The van der Waals surface area contributed by atoms with Crippen LogP contribution in [-0.2, 0) is 0 Å². The highest BCUT2D eigenvalue weighted by atomic mass is 15.2. The van der Waals surface area contributed by atoms with Crippen LogP contribution in [0.25, 0.3) is 0 Å².